The zero-order valence-electron chi connectivity index (χ0n) is 13.2. The van der Waals surface area contributed by atoms with E-state index in [1.54, 1.807) is 32.9 Å². The third kappa shape index (κ3) is 7.82. The van der Waals surface area contributed by atoms with Crippen molar-refractivity contribution in [2.45, 2.75) is 32.9 Å². The number of rotatable bonds is 6. The fraction of sp³-hybridized carbons (Fsp3) is 0.400. The number of carboxylic acids is 1. The topological polar surface area (TPSA) is 114 Å². The van der Waals surface area contributed by atoms with Crippen LogP contribution in [0.25, 0.3) is 0 Å². The van der Waals surface area contributed by atoms with Gasteiger partial charge in [0.05, 0.1) is 5.56 Å². The molecule has 0 aromatic heterocycles. The number of ether oxygens (including phenoxy) is 1. The molecule has 23 heavy (non-hydrogen) atoms. The molecule has 3 N–H and O–H groups in total. The normalized spacial score (nSPS) is 10.7. The first kappa shape index (κ1) is 18.4. The van der Waals surface area contributed by atoms with Gasteiger partial charge in [0.15, 0.2) is 6.61 Å². The molecule has 0 saturated heterocycles. The summed E-state index contributed by atoms with van der Waals surface area (Å²) >= 11 is 0. The van der Waals surface area contributed by atoms with Crippen molar-refractivity contribution in [2.75, 3.05) is 6.61 Å². The molecule has 0 fully saturated rings. The van der Waals surface area contributed by atoms with Crippen molar-refractivity contribution in [3.63, 3.8) is 0 Å². The van der Waals surface area contributed by atoms with Crippen LogP contribution in [0.4, 0.5) is 4.79 Å². The van der Waals surface area contributed by atoms with Crippen molar-refractivity contribution < 1.29 is 29.1 Å². The van der Waals surface area contributed by atoms with Crippen molar-refractivity contribution in [1.82, 2.24) is 10.8 Å². The molecule has 0 heterocycles. The molecule has 0 aliphatic heterocycles. The lowest BCUT2D eigenvalue weighted by Gasteiger charge is -2.19. The average molecular weight is 324 g/mol. The van der Waals surface area contributed by atoms with Crippen molar-refractivity contribution in [3.8, 4) is 0 Å². The summed E-state index contributed by atoms with van der Waals surface area (Å²) in [5.41, 5.74) is 2.26. The van der Waals surface area contributed by atoms with Crippen LogP contribution in [0.5, 0.6) is 0 Å². The summed E-state index contributed by atoms with van der Waals surface area (Å²) in [4.78, 5) is 38.2. The highest BCUT2D eigenvalue weighted by molar-refractivity contribution is 5.87. The van der Waals surface area contributed by atoms with Gasteiger partial charge in [0.1, 0.15) is 5.60 Å². The number of aromatic carboxylic acids is 1. The molecule has 8 heteroatoms. The molecule has 0 radical (unpaired) electrons. The van der Waals surface area contributed by atoms with E-state index in [1.807, 2.05) is 5.48 Å². The Morgan fingerprint density at radius 3 is 2.26 bits per heavy atom. The maximum Gasteiger partial charge on any atom is 0.431 e. The monoisotopic (exact) mass is 324 g/mol. The van der Waals surface area contributed by atoms with E-state index in [0.717, 1.165) is 5.56 Å². The number of carboxylic acid groups (broad SMARTS) is 1. The number of benzene rings is 1. The first-order chi connectivity index (χ1) is 10.7. The van der Waals surface area contributed by atoms with Crippen molar-refractivity contribution in [2.24, 2.45) is 0 Å². The third-order valence-corrected chi connectivity index (χ3v) is 2.45. The number of hydrogen-bond acceptors (Lipinski definition) is 5. The number of carbonyl (C=O) groups excluding carboxylic acids is 2. The molecular weight excluding hydrogens is 304 g/mol. The van der Waals surface area contributed by atoms with E-state index in [-0.39, 0.29) is 18.7 Å². The van der Waals surface area contributed by atoms with Crippen LogP contribution in [-0.4, -0.2) is 35.3 Å². The van der Waals surface area contributed by atoms with Gasteiger partial charge >= 0.3 is 12.1 Å². The van der Waals surface area contributed by atoms with Crippen LogP contribution in [0.1, 0.15) is 36.7 Å². The second-order valence-electron chi connectivity index (χ2n) is 5.67. The van der Waals surface area contributed by atoms with Gasteiger partial charge in [0.25, 0.3) is 0 Å². The molecular formula is C15H20N2O6. The lowest BCUT2D eigenvalue weighted by molar-refractivity contribution is -0.128. The third-order valence-electron chi connectivity index (χ3n) is 2.45. The summed E-state index contributed by atoms with van der Waals surface area (Å²) in [5.74, 6) is -1.45. The predicted molar refractivity (Wildman–Crippen MR) is 80.6 cm³/mol. The molecule has 0 unspecified atom stereocenters. The Labute approximate surface area is 133 Å². The SMILES string of the molecule is CC(C)(C)OC(=O)NOCC(=O)NCc1ccc(C(=O)O)cc1. The molecule has 0 aliphatic rings. The Morgan fingerprint density at radius 2 is 1.74 bits per heavy atom. The molecule has 126 valence electrons. The summed E-state index contributed by atoms with van der Waals surface area (Å²) < 4.78 is 4.92. The van der Waals surface area contributed by atoms with E-state index in [2.05, 4.69) is 5.32 Å². The number of hydroxylamine groups is 1. The van der Waals surface area contributed by atoms with Crippen LogP contribution < -0.4 is 10.8 Å². The number of amides is 2. The minimum absolute atomic E-state index is 0.171. The summed E-state index contributed by atoms with van der Waals surface area (Å²) in [7, 11) is 0. The van der Waals surface area contributed by atoms with E-state index in [9.17, 15) is 14.4 Å². The molecule has 0 bridgehead atoms. The zero-order chi connectivity index (χ0) is 17.5. The zero-order valence-corrected chi connectivity index (χ0v) is 13.2. The second-order valence-corrected chi connectivity index (χ2v) is 5.67. The van der Waals surface area contributed by atoms with Crippen LogP contribution in [0.3, 0.4) is 0 Å². The molecule has 2 amide bonds. The quantitative estimate of drug-likeness (QED) is 0.683. The van der Waals surface area contributed by atoms with Crippen LogP contribution in [0, 0.1) is 0 Å². The number of carbonyl (C=O) groups is 3. The van der Waals surface area contributed by atoms with E-state index < -0.39 is 23.6 Å². The van der Waals surface area contributed by atoms with Gasteiger partial charge in [0, 0.05) is 6.54 Å². The van der Waals surface area contributed by atoms with Crippen molar-refractivity contribution in [1.29, 1.82) is 0 Å². The Balaban J connectivity index is 2.27. The molecule has 0 aliphatic carbocycles. The largest absolute Gasteiger partial charge is 0.478 e. The molecule has 0 spiro atoms. The van der Waals surface area contributed by atoms with Gasteiger partial charge in [-0.3, -0.25) is 9.63 Å². The van der Waals surface area contributed by atoms with Gasteiger partial charge < -0.3 is 15.2 Å². The fourth-order valence-electron chi connectivity index (χ4n) is 1.48. The van der Waals surface area contributed by atoms with E-state index >= 15 is 0 Å². The highest BCUT2D eigenvalue weighted by Crippen LogP contribution is 2.06. The van der Waals surface area contributed by atoms with Gasteiger partial charge in [-0.15, -0.1) is 0 Å². The minimum atomic E-state index is -1.01. The van der Waals surface area contributed by atoms with E-state index in [4.69, 9.17) is 14.7 Å². The fourth-order valence-corrected chi connectivity index (χ4v) is 1.48. The highest BCUT2D eigenvalue weighted by Gasteiger charge is 2.16. The van der Waals surface area contributed by atoms with Crippen LogP contribution >= 0.6 is 0 Å². The Hall–Kier alpha value is -2.61. The molecule has 0 atom stereocenters. The summed E-state index contributed by atoms with van der Waals surface area (Å²) in [5, 5.41) is 11.3. The molecule has 8 nitrogen and oxygen atoms in total. The van der Waals surface area contributed by atoms with E-state index in [1.165, 1.54) is 12.1 Å². The van der Waals surface area contributed by atoms with Crippen LogP contribution in [0.15, 0.2) is 24.3 Å². The maximum atomic E-state index is 11.5. The molecule has 0 saturated carbocycles. The number of hydrogen-bond donors (Lipinski definition) is 3. The van der Waals surface area contributed by atoms with Gasteiger partial charge in [-0.05, 0) is 38.5 Å². The van der Waals surface area contributed by atoms with Crippen LogP contribution in [-0.2, 0) is 20.9 Å². The van der Waals surface area contributed by atoms with Crippen molar-refractivity contribution in [3.05, 3.63) is 35.4 Å². The Kier molecular flexibility index (Phi) is 6.52. The average Bonchev–Trinajstić information content (AvgIpc) is 2.43. The predicted octanol–water partition coefficient (Wildman–Crippen LogP) is 1.46. The summed E-state index contributed by atoms with van der Waals surface area (Å²) in [6.45, 7) is 4.96. The first-order valence-corrected chi connectivity index (χ1v) is 6.87. The Morgan fingerprint density at radius 1 is 1.13 bits per heavy atom. The second kappa shape index (κ2) is 8.14. The Bertz CT molecular complexity index is 562. The van der Waals surface area contributed by atoms with Gasteiger partial charge in [-0.25, -0.2) is 9.59 Å². The summed E-state index contributed by atoms with van der Waals surface area (Å²) in [6, 6.07) is 6.10. The number of nitrogens with one attached hydrogen (secondary N) is 2. The first-order valence-electron chi connectivity index (χ1n) is 6.87. The molecule has 1 aromatic carbocycles. The molecule has 1 aromatic rings. The lowest BCUT2D eigenvalue weighted by atomic mass is 10.1. The maximum absolute atomic E-state index is 11.5. The summed E-state index contributed by atoms with van der Waals surface area (Å²) in [6.07, 6.45) is -0.783. The molecule has 1 rings (SSSR count). The lowest BCUT2D eigenvalue weighted by Crippen LogP contribution is -2.36. The van der Waals surface area contributed by atoms with E-state index in [0.29, 0.717) is 0 Å². The van der Waals surface area contributed by atoms with Gasteiger partial charge in [0.2, 0.25) is 5.91 Å². The van der Waals surface area contributed by atoms with Crippen molar-refractivity contribution >= 4 is 18.0 Å². The van der Waals surface area contributed by atoms with Crippen LogP contribution in [0.2, 0.25) is 0 Å². The minimum Gasteiger partial charge on any atom is -0.478 e. The van der Waals surface area contributed by atoms with Gasteiger partial charge in [-0.2, -0.15) is 5.48 Å². The standard InChI is InChI=1S/C15H20N2O6/c1-15(2,3)23-14(21)17-22-9-12(18)16-8-10-4-6-11(7-5-10)13(19)20/h4-7H,8-9H2,1-3H3,(H,16,18)(H,17,21)(H,19,20). The smallest absolute Gasteiger partial charge is 0.431 e. The highest BCUT2D eigenvalue weighted by atomic mass is 16.7. The van der Waals surface area contributed by atoms with Gasteiger partial charge in [-0.1, -0.05) is 12.1 Å².